The molecule has 2 rings (SSSR count). The van der Waals surface area contributed by atoms with Gasteiger partial charge in [-0.25, -0.2) is 8.78 Å². The van der Waals surface area contributed by atoms with Crippen LogP contribution in [0.15, 0.2) is 6.20 Å². The first kappa shape index (κ1) is 12.5. The maximum absolute atomic E-state index is 13.9. The fourth-order valence-corrected chi connectivity index (χ4v) is 2.42. The Morgan fingerprint density at radius 3 is 2.71 bits per heavy atom. The molecule has 0 unspecified atom stereocenters. The van der Waals surface area contributed by atoms with Gasteiger partial charge in [-0.3, -0.25) is 5.10 Å². The summed E-state index contributed by atoms with van der Waals surface area (Å²) >= 11 is 0. The van der Waals surface area contributed by atoms with Crippen molar-refractivity contribution in [1.29, 1.82) is 0 Å². The maximum atomic E-state index is 13.9. The van der Waals surface area contributed by atoms with Crippen molar-refractivity contribution in [1.82, 2.24) is 15.5 Å². The summed E-state index contributed by atoms with van der Waals surface area (Å²) < 4.78 is 27.9. The third-order valence-electron chi connectivity index (χ3n) is 3.55. The highest BCUT2D eigenvalue weighted by atomic mass is 19.3. The molecule has 17 heavy (non-hydrogen) atoms. The lowest BCUT2D eigenvalue weighted by Crippen LogP contribution is -2.28. The number of halogens is 2. The molecule has 1 fully saturated rings. The summed E-state index contributed by atoms with van der Waals surface area (Å²) in [4.78, 5) is 0. The Kier molecular flexibility index (Phi) is 3.76. The first-order valence-corrected chi connectivity index (χ1v) is 6.19. The Hall–Kier alpha value is -0.970. The molecule has 0 amide bonds. The fraction of sp³-hybridized carbons (Fsp3) is 0.750. The molecule has 2 heterocycles. The van der Waals surface area contributed by atoms with Crippen molar-refractivity contribution in [2.75, 3.05) is 13.1 Å². The smallest absolute Gasteiger partial charge is 0.276 e. The van der Waals surface area contributed by atoms with Crippen LogP contribution in [0.5, 0.6) is 0 Å². The SMILES string of the molecule is Cc1n[nH]cc1C(F)(F)CCC1CCNCC1. The van der Waals surface area contributed by atoms with Crippen molar-refractivity contribution in [3.05, 3.63) is 17.5 Å². The van der Waals surface area contributed by atoms with E-state index in [0.29, 0.717) is 18.0 Å². The van der Waals surface area contributed by atoms with E-state index in [0.717, 1.165) is 25.9 Å². The zero-order valence-corrected chi connectivity index (χ0v) is 10.1. The van der Waals surface area contributed by atoms with Gasteiger partial charge in [0.25, 0.3) is 5.92 Å². The zero-order valence-electron chi connectivity index (χ0n) is 10.1. The van der Waals surface area contributed by atoms with Gasteiger partial charge in [-0.05, 0) is 45.2 Å². The standard InChI is InChI=1S/C12H19F2N3/c1-9-11(8-16-17-9)12(13,14)5-2-10-3-6-15-7-4-10/h8,10,15H,2-7H2,1H3,(H,16,17). The quantitative estimate of drug-likeness (QED) is 0.853. The van der Waals surface area contributed by atoms with Gasteiger partial charge in [-0.2, -0.15) is 5.10 Å². The summed E-state index contributed by atoms with van der Waals surface area (Å²) in [5.74, 6) is -2.31. The predicted octanol–water partition coefficient (Wildman–Crippen LogP) is 2.59. The van der Waals surface area contributed by atoms with Gasteiger partial charge in [-0.15, -0.1) is 0 Å². The maximum Gasteiger partial charge on any atom is 0.276 e. The molecule has 0 bridgehead atoms. The summed E-state index contributed by atoms with van der Waals surface area (Å²) in [7, 11) is 0. The van der Waals surface area contributed by atoms with Crippen LogP contribution in [0, 0.1) is 12.8 Å². The molecular formula is C12H19F2N3. The second-order valence-electron chi connectivity index (χ2n) is 4.82. The van der Waals surface area contributed by atoms with E-state index in [1.807, 2.05) is 0 Å². The largest absolute Gasteiger partial charge is 0.317 e. The first-order valence-electron chi connectivity index (χ1n) is 6.19. The Labute approximate surface area is 100.0 Å². The summed E-state index contributed by atoms with van der Waals surface area (Å²) in [6.45, 7) is 3.53. The third kappa shape index (κ3) is 3.03. The van der Waals surface area contributed by atoms with Crippen LogP contribution in [0.3, 0.4) is 0 Å². The monoisotopic (exact) mass is 243 g/mol. The van der Waals surface area contributed by atoms with Gasteiger partial charge in [0.05, 0.1) is 11.3 Å². The first-order chi connectivity index (χ1) is 8.09. The Morgan fingerprint density at radius 2 is 2.12 bits per heavy atom. The zero-order chi connectivity index (χ0) is 12.3. The number of hydrogen-bond donors (Lipinski definition) is 2. The minimum atomic E-state index is -2.75. The van der Waals surface area contributed by atoms with Gasteiger partial charge in [0.15, 0.2) is 0 Å². The summed E-state index contributed by atoms with van der Waals surface area (Å²) in [5, 5.41) is 9.51. The molecule has 0 atom stereocenters. The highest BCUT2D eigenvalue weighted by Gasteiger charge is 2.34. The molecule has 0 saturated carbocycles. The fourth-order valence-electron chi connectivity index (χ4n) is 2.42. The number of piperidine rings is 1. The van der Waals surface area contributed by atoms with Crippen molar-refractivity contribution in [2.45, 2.75) is 38.5 Å². The molecule has 0 aromatic carbocycles. The predicted molar refractivity (Wildman–Crippen MR) is 62.0 cm³/mol. The van der Waals surface area contributed by atoms with Crippen molar-refractivity contribution >= 4 is 0 Å². The molecule has 1 aliphatic rings. The van der Waals surface area contributed by atoms with Crippen LogP contribution in [0.4, 0.5) is 8.78 Å². The second kappa shape index (κ2) is 5.12. The van der Waals surface area contributed by atoms with Gasteiger partial charge < -0.3 is 5.32 Å². The molecule has 1 aromatic rings. The van der Waals surface area contributed by atoms with Crippen molar-refractivity contribution in [3.63, 3.8) is 0 Å². The van der Waals surface area contributed by atoms with Crippen LogP contribution in [-0.4, -0.2) is 23.3 Å². The minimum absolute atomic E-state index is 0.0476. The van der Waals surface area contributed by atoms with Gasteiger partial charge in [0.2, 0.25) is 0 Å². The van der Waals surface area contributed by atoms with Crippen LogP contribution in [0.2, 0.25) is 0 Å². The number of aromatic nitrogens is 2. The highest BCUT2D eigenvalue weighted by molar-refractivity contribution is 5.20. The Morgan fingerprint density at radius 1 is 1.41 bits per heavy atom. The average molecular weight is 243 g/mol. The van der Waals surface area contributed by atoms with Crippen LogP contribution >= 0.6 is 0 Å². The number of nitrogens with one attached hydrogen (secondary N) is 2. The summed E-state index contributed by atoms with van der Waals surface area (Å²) in [5.41, 5.74) is 0.451. The number of hydrogen-bond acceptors (Lipinski definition) is 2. The van der Waals surface area contributed by atoms with E-state index < -0.39 is 5.92 Å². The lowest BCUT2D eigenvalue weighted by atomic mass is 9.90. The van der Waals surface area contributed by atoms with E-state index >= 15 is 0 Å². The molecule has 1 aliphatic heterocycles. The molecule has 96 valence electrons. The third-order valence-corrected chi connectivity index (χ3v) is 3.55. The number of H-pyrrole nitrogens is 1. The lowest BCUT2D eigenvalue weighted by Gasteiger charge is -2.24. The summed E-state index contributed by atoms with van der Waals surface area (Å²) in [6, 6.07) is 0. The molecule has 0 spiro atoms. The molecule has 5 heteroatoms. The molecule has 2 N–H and O–H groups in total. The van der Waals surface area contributed by atoms with Gasteiger partial charge in [0, 0.05) is 12.6 Å². The van der Waals surface area contributed by atoms with Crippen LogP contribution < -0.4 is 5.32 Å². The molecule has 0 radical (unpaired) electrons. The topological polar surface area (TPSA) is 40.7 Å². The van der Waals surface area contributed by atoms with Crippen LogP contribution in [0.25, 0.3) is 0 Å². The van der Waals surface area contributed by atoms with E-state index in [1.54, 1.807) is 6.92 Å². The number of aryl methyl sites for hydroxylation is 1. The van der Waals surface area contributed by atoms with Crippen molar-refractivity contribution in [2.24, 2.45) is 5.92 Å². The minimum Gasteiger partial charge on any atom is -0.317 e. The Bertz CT molecular complexity index is 356. The molecule has 1 aromatic heterocycles. The van der Waals surface area contributed by atoms with E-state index in [4.69, 9.17) is 0 Å². The normalized spacial score (nSPS) is 18.5. The van der Waals surface area contributed by atoms with E-state index in [-0.39, 0.29) is 12.0 Å². The van der Waals surface area contributed by atoms with Crippen LogP contribution in [-0.2, 0) is 5.92 Å². The number of nitrogens with zero attached hydrogens (tertiary/aromatic N) is 1. The molecule has 1 saturated heterocycles. The van der Waals surface area contributed by atoms with Crippen molar-refractivity contribution in [3.8, 4) is 0 Å². The van der Waals surface area contributed by atoms with Gasteiger partial charge in [-0.1, -0.05) is 0 Å². The second-order valence-corrected chi connectivity index (χ2v) is 4.82. The van der Waals surface area contributed by atoms with Crippen molar-refractivity contribution < 1.29 is 8.78 Å². The van der Waals surface area contributed by atoms with Gasteiger partial charge in [0.1, 0.15) is 0 Å². The van der Waals surface area contributed by atoms with Gasteiger partial charge >= 0.3 is 0 Å². The molecule has 0 aliphatic carbocycles. The average Bonchev–Trinajstić information content (AvgIpc) is 2.75. The van der Waals surface area contributed by atoms with E-state index in [2.05, 4.69) is 15.5 Å². The number of rotatable bonds is 4. The molecular weight excluding hydrogens is 224 g/mol. The van der Waals surface area contributed by atoms with E-state index in [9.17, 15) is 8.78 Å². The highest BCUT2D eigenvalue weighted by Crippen LogP contribution is 2.36. The van der Waals surface area contributed by atoms with E-state index in [1.165, 1.54) is 6.20 Å². The summed E-state index contributed by atoms with van der Waals surface area (Å²) in [6.07, 6.45) is 3.87. The Balaban J connectivity index is 1.91. The lowest BCUT2D eigenvalue weighted by molar-refractivity contribution is -0.0208. The van der Waals surface area contributed by atoms with Crippen LogP contribution in [0.1, 0.15) is 36.9 Å². The number of aromatic amines is 1. The number of alkyl halides is 2. The molecule has 3 nitrogen and oxygen atoms in total.